The number of fused-ring (bicyclic) bond motifs is 1. The average molecular weight is 518 g/mol. The van der Waals surface area contributed by atoms with Gasteiger partial charge in [0.25, 0.3) is 5.56 Å². The normalized spacial score (nSPS) is 12.1. The van der Waals surface area contributed by atoms with Crippen molar-refractivity contribution in [3.8, 4) is 17.2 Å². The molecule has 10 heteroatoms. The molecule has 9 nitrogen and oxygen atoms in total. The number of halogens is 1. The van der Waals surface area contributed by atoms with E-state index in [1.165, 1.54) is 25.1 Å². The van der Waals surface area contributed by atoms with E-state index in [1.807, 2.05) is 6.07 Å². The lowest BCUT2D eigenvalue weighted by Crippen LogP contribution is -2.26. The number of benzene rings is 2. The first-order valence-electron chi connectivity index (χ1n) is 10.1. The molecule has 0 radical (unpaired) electrons. The number of ether oxygens (including phenoxy) is 4. The number of aromatic nitrogens is 2. The molecule has 1 atom stereocenters. The van der Waals surface area contributed by atoms with Crippen LogP contribution in [-0.4, -0.2) is 48.8 Å². The van der Waals surface area contributed by atoms with Crippen LogP contribution in [0.1, 0.15) is 25.2 Å². The zero-order valence-corrected chi connectivity index (χ0v) is 20.5. The Kier molecular flexibility index (Phi) is 7.70. The van der Waals surface area contributed by atoms with E-state index in [0.717, 1.165) is 4.47 Å². The van der Waals surface area contributed by atoms with Gasteiger partial charge in [-0.2, -0.15) is 9.78 Å². The van der Waals surface area contributed by atoms with Gasteiger partial charge in [-0.3, -0.25) is 4.79 Å². The van der Waals surface area contributed by atoms with Gasteiger partial charge in [-0.05, 0) is 51.1 Å². The van der Waals surface area contributed by atoms with Crippen molar-refractivity contribution in [3.05, 3.63) is 56.5 Å². The quantitative estimate of drug-likeness (QED) is 0.331. The molecular formula is C23H24BrN3O6. The maximum absolute atomic E-state index is 12.9. The van der Waals surface area contributed by atoms with Crippen LogP contribution in [0.15, 0.2) is 44.7 Å². The molecule has 1 aromatic heterocycles. The fraction of sp³-hybridized carbons (Fsp3) is 0.304. The Balaban J connectivity index is 1.99. The van der Waals surface area contributed by atoms with E-state index in [2.05, 4.69) is 26.0 Å². The van der Waals surface area contributed by atoms with Crippen LogP contribution in [0.3, 0.4) is 0 Å². The number of rotatable bonds is 8. The third-order valence-corrected chi connectivity index (χ3v) is 5.18. The summed E-state index contributed by atoms with van der Waals surface area (Å²) in [6.07, 6.45) is 0.625. The minimum atomic E-state index is -0.864. The zero-order chi connectivity index (χ0) is 24.1. The number of carbonyl (C=O) groups is 1. The second kappa shape index (κ2) is 10.5. The number of hydrogen-bond acceptors (Lipinski definition) is 8. The molecule has 0 spiro atoms. The SMILES string of the molecule is CCOC(=O)[C@@H](C)Oc1c(OC)cc(C=Nn2c(C)nc3ccc(Br)cc3c2=O)cc1OC. The number of nitrogens with zero attached hydrogens (tertiary/aromatic N) is 3. The van der Waals surface area contributed by atoms with E-state index in [9.17, 15) is 9.59 Å². The summed E-state index contributed by atoms with van der Waals surface area (Å²) in [5.41, 5.74) is 0.880. The monoisotopic (exact) mass is 517 g/mol. The predicted octanol–water partition coefficient (Wildman–Crippen LogP) is 3.70. The highest BCUT2D eigenvalue weighted by atomic mass is 79.9. The van der Waals surface area contributed by atoms with Gasteiger partial charge in [0.1, 0.15) is 5.82 Å². The molecular weight excluding hydrogens is 494 g/mol. The molecule has 3 aromatic rings. The lowest BCUT2D eigenvalue weighted by atomic mass is 10.2. The number of carbonyl (C=O) groups excluding carboxylic acids is 1. The summed E-state index contributed by atoms with van der Waals surface area (Å²) in [4.78, 5) is 29.3. The summed E-state index contributed by atoms with van der Waals surface area (Å²) in [7, 11) is 2.94. The van der Waals surface area contributed by atoms with Crippen LogP contribution in [0, 0.1) is 6.92 Å². The topological polar surface area (TPSA) is 101 Å². The van der Waals surface area contributed by atoms with Crippen LogP contribution >= 0.6 is 15.9 Å². The largest absolute Gasteiger partial charge is 0.493 e. The summed E-state index contributed by atoms with van der Waals surface area (Å²) in [6.45, 7) is 5.24. The molecule has 0 aliphatic carbocycles. The van der Waals surface area contributed by atoms with Gasteiger partial charge in [-0.25, -0.2) is 9.78 Å². The molecule has 0 fully saturated rings. The van der Waals surface area contributed by atoms with Crippen LogP contribution in [0.4, 0.5) is 0 Å². The Morgan fingerprint density at radius 1 is 1.21 bits per heavy atom. The molecule has 0 amide bonds. The van der Waals surface area contributed by atoms with E-state index < -0.39 is 12.1 Å². The smallest absolute Gasteiger partial charge is 0.347 e. The number of hydrogen-bond donors (Lipinski definition) is 0. The van der Waals surface area contributed by atoms with Crippen molar-refractivity contribution in [3.63, 3.8) is 0 Å². The van der Waals surface area contributed by atoms with Crippen LogP contribution in [0.2, 0.25) is 0 Å². The van der Waals surface area contributed by atoms with E-state index in [-0.39, 0.29) is 17.9 Å². The van der Waals surface area contributed by atoms with Gasteiger partial charge < -0.3 is 18.9 Å². The van der Waals surface area contributed by atoms with Crippen LogP contribution in [0.25, 0.3) is 10.9 Å². The van der Waals surface area contributed by atoms with Crippen molar-refractivity contribution >= 4 is 39.0 Å². The Morgan fingerprint density at radius 2 is 1.88 bits per heavy atom. The summed E-state index contributed by atoms with van der Waals surface area (Å²) >= 11 is 3.38. The van der Waals surface area contributed by atoms with E-state index in [4.69, 9.17) is 18.9 Å². The molecule has 0 aliphatic rings. The molecule has 3 rings (SSSR count). The molecule has 1 heterocycles. The standard InChI is InChI=1S/C23H24BrN3O6/c1-6-32-23(29)13(2)33-21-19(30-4)9-15(10-20(21)31-5)12-25-27-14(3)26-18-8-7-16(24)11-17(18)22(27)28/h7-13H,6H2,1-5H3/t13-/m1/s1. The van der Waals surface area contributed by atoms with Crippen molar-refractivity contribution in [1.82, 2.24) is 9.66 Å². The first-order chi connectivity index (χ1) is 15.8. The fourth-order valence-electron chi connectivity index (χ4n) is 3.10. The van der Waals surface area contributed by atoms with Gasteiger partial charge in [0, 0.05) is 10.0 Å². The van der Waals surface area contributed by atoms with Crippen molar-refractivity contribution in [2.24, 2.45) is 5.10 Å². The molecule has 0 bridgehead atoms. The molecule has 33 heavy (non-hydrogen) atoms. The first kappa shape index (κ1) is 24.2. The van der Waals surface area contributed by atoms with E-state index >= 15 is 0 Å². The lowest BCUT2D eigenvalue weighted by molar-refractivity contribution is -0.150. The highest BCUT2D eigenvalue weighted by Gasteiger charge is 2.22. The van der Waals surface area contributed by atoms with Gasteiger partial charge in [0.2, 0.25) is 5.75 Å². The predicted molar refractivity (Wildman–Crippen MR) is 128 cm³/mol. The zero-order valence-electron chi connectivity index (χ0n) is 18.9. The molecule has 0 aliphatic heterocycles. The minimum Gasteiger partial charge on any atom is -0.493 e. The molecule has 0 N–H and O–H groups in total. The number of esters is 1. The molecule has 174 valence electrons. The average Bonchev–Trinajstić information content (AvgIpc) is 2.80. The third kappa shape index (κ3) is 5.33. The summed E-state index contributed by atoms with van der Waals surface area (Å²) in [5.74, 6) is 0.849. The van der Waals surface area contributed by atoms with E-state index in [1.54, 1.807) is 45.0 Å². The van der Waals surface area contributed by atoms with Gasteiger partial charge in [0.15, 0.2) is 17.6 Å². The molecule has 0 unspecified atom stereocenters. The Hall–Kier alpha value is -3.40. The number of aryl methyl sites for hydroxylation is 1. The van der Waals surface area contributed by atoms with Crippen molar-refractivity contribution in [1.29, 1.82) is 0 Å². The highest BCUT2D eigenvalue weighted by Crippen LogP contribution is 2.39. The van der Waals surface area contributed by atoms with Gasteiger partial charge in [-0.15, -0.1) is 0 Å². The summed E-state index contributed by atoms with van der Waals surface area (Å²) in [5, 5.41) is 4.77. The minimum absolute atomic E-state index is 0.246. The molecule has 0 saturated carbocycles. The second-order valence-corrected chi connectivity index (χ2v) is 7.86. The second-order valence-electron chi connectivity index (χ2n) is 6.95. The maximum atomic E-state index is 12.9. The Morgan fingerprint density at radius 3 is 2.48 bits per heavy atom. The number of methoxy groups -OCH3 is 2. The fourth-order valence-corrected chi connectivity index (χ4v) is 3.46. The van der Waals surface area contributed by atoms with Crippen molar-refractivity contribution in [2.75, 3.05) is 20.8 Å². The van der Waals surface area contributed by atoms with Crippen molar-refractivity contribution < 1.29 is 23.7 Å². The van der Waals surface area contributed by atoms with Crippen molar-refractivity contribution in [2.45, 2.75) is 26.9 Å². The van der Waals surface area contributed by atoms with Gasteiger partial charge in [-0.1, -0.05) is 15.9 Å². The Labute approximate surface area is 199 Å². The van der Waals surface area contributed by atoms with Gasteiger partial charge >= 0.3 is 5.97 Å². The Bertz CT molecular complexity index is 1250. The van der Waals surface area contributed by atoms with Crippen LogP contribution in [-0.2, 0) is 9.53 Å². The van der Waals surface area contributed by atoms with Gasteiger partial charge in [0.05, 0.1) is 37.9 Å². The lowest BCUT2D eigenvalue weighted by Gasteiger charge is -2.18. The third-order valence-electron chi connectivity index (χ3n) is 4.69. The summed E-state index contributed by atoms with van der Waals surface area (Å²) < 4.78 is 23.6. The first-order valence-corrected chi connectivity index (χ1v) is 10.9. The van der Waals surface area contributed by atoms with Crippen LogP contribution < -0.4 is 19.8 Å². The van der Waals surface area contributed by atoms with E-state index in [0.29, 0.717) is 33.8 Å². The highest BCUT2D eigenvalue weighted by molar-refractivity contribution is 9.10. The maximum Gasteiger partial charge on any atom is 0.347 e. The molecule has 2 aromatic carbocycles. The summed E-state index contributed by atoms with van der Waals surface area (Å²) in [6, 6.07) is 8.62. The molecule has 0 saturated heterocycles. The van der Waals surface area contributed by atoms with Crippen LogP contribution in [0.5, 0.6) is 17.2 Å².